The van der Waals surface area contributed by atoms with Crippen LogP contribution in [0.25, 0.3) is 0 Å². The molecular formula is C23H18FIN2O. The highest BCUT2D eigenvalue weighted by molar-refractivity contribution is 14.1. The lowest BCUT2D eigenvalue weighted by atomic mass is 9.96. The molecule has 1 amide bonds. The van der Waals surface area contributed by atoms with E-state index >= 15 is 0 Å². The maximum Gasteiger partial charge on any atom is 0.224 e. The van der Waals surface area contributed by atoms with Crippen molar-refractivity contribution in [3.05, 3.63) is 93.3 Å². The molecule has 28 heavy (non-hydrogen) atoms. The van der Waals surface area contributed by atoms with E-state index in [0.717, 1.165) is 31.8 Å². The van der Waals surface area contributed by atoms with Crippen molar-refractivity contribution in [2.75, 3.05) is 4.90 Å². The Hall–Kier alpha value is -2.54. The topological polar surface area (TPSA) is 32.7 Å². The molecule has 140 valence electrons. The molecule has 4 rings (SSSR count). The van der Waals surface area contributed by atoms with Gasteiger partial charge in [-0.05, 0) is 70.1 Å². The Morgan fingerprint density at radius 3 is 2.39 bits per heavy atom. The first kappa shape index (κ1) is 18.8. The van der Waals surface area contributed by atoms with Crippen molar-refractivity contribution >= 4 is 45.6 Å². The van der Waals surface area contributed by atoms with Gasteiger partial charge in [-0.25, -0.2) is 4.39 Å². The molecule has 0 saturated carbocycles. The molecule has 0 fully saturated rings. The zero-order chi connectivity index (χ0) is 19.7. The van der Waals surface area contributed by atoms with Crippen LogP contribution in [0.3, 0.4) is 0 Å². The Balaban J connectivity index is 1.89. The van der Waals surface area contributed by atoms with Crippen LogP contribution in [0.15, 0.2) is 77.8 Å². The van der Waals surface area contributed by atoms with Crippen molar-refractivity contribution in [1.82, 2.24) is 0 Å². The number of hydrogen-bond donors (Lipinski definition) is 0. The second-order valence-electron chi connectivity index (χ2n) is 6.71. The molecule has 0 radical (unpaired) electrons. The molecule has 0 aromatic heterocycles. The van der Waals surface area contributed by atoms with E-state index < -0.39 is 0 Å². The largest absolute Gasteiger partial charge is 0.303 e. The monoisotopic (exact) mass is 484 g/mol. The van der Waals surface area contributed by atoms with Crippen molar-refractivity contribution in [2.24, 2.45) is 4.99 Å². The number of anilines is 1. The number of amides is 1. The summed E-state index contributed by atoms with van der Waals surface area (Å²) in [5.74, 6) is -0.362. The van der Waals surface area contributed by atoms with Crippen molar-refractivity contribution in [3.63, 3.8) is 0 Å². The summed E-state index contributed by atoms with van der Waals surface area (Å²) >= 11 is 2.28. The van der Waals surface area contributed by atoms with Crippen molar-refractivity contribution in [1.29, 1.82) is 0 Å². The number of hydrogen-bond acceptors (Lipinski definition) is 2. The zero-order valence-electron chi connectivity index (χ0n) is 15.3. The number of carbonyl (C=O) groups is 1. The van der Waals surface area contributed by atoms with E-state index in [1.54, 1.807) is 24.0 Å². The number of carbonyl (C=O) groups excluding carboxylic acids is 1. The quantitative estimate of drug-likeness (QED) is 0.408. The van der Waals surface area contributed by atoms with Gasteiger partial charge in [-0.2, -0.15) is 0 Å². The van der Waals surface area contributed by atoms with E-state index in [-0.39, 0.29) is 17.8 Å². The minimum Gasteiger partial charge on any atom is -0.303 e. The maximum absolute atomic E-state index is 13.5. The van der Waals surface area contributed by atoms with Gasteiger partial charge >= 0.3 is 0 Å². The Morgan fingerprint density at radius 2 is 1.71 bits per heavy atom. The Labute approximate surface area is 177 Å². The third kappa shape index (κ3) is 3.71. The van der Waals surface area contributed by atoms with Crippen molar-refractivity contribution in [3.8, 4) is 0 Å². The fourth-order valence-electron chi connectivity index (χ4n) is 3.56. The fraction of sp³-hybridized carbons (Fsp3) is 0.130. The summed E-state index contributed by atoms with van der Waals surface area (Å²) in [5.41, 5.74) is 4.34. The number of halogens is 2. The molecule has 1 atom stereocenters. The van der Waals surface area contributed by atoms with Crippen LogP contribution in [0.4, 0.5) is 15.8 Å². The van der Waals surface area contributed by atoms with Gasteiger partial charge in [0.15, 0.2) is 0 Å². The average Bonchev–Trinajstić information content (AvgIpc) is 2.86. The second-order valence-corrected chi connectivity index (χ2v) is 7.96. The smallest absolute Gasteiger partial charge is 0.224 e. The highest BCUT2D eigenvalue weighted by Gasteiger charge is 2.30. The van der Waals surface area contributed by atoms with E-state index in [1.165, 1.54) is 12.1 Å². The highest BCUT2D eigenvalue weighted by Crippen LogP contribution is 2.40. The number of rotatable bonds is 2. The Kier molecular flexibility index (Phi) is 5.26. The first-order valence-electron chi connectivity index (χ1n) is 9.01. The standard InChI is InChI=1S/C23H18FIN2O/c1-15(28)27-22-5-3-2-4-20(22)26-21(16-8-12-19(25)13-9-16)14-23(27)17-6-10-18(24)11-7-17/h2-13,23H,14H2,1H3/t23-/m0/s1. The predicted molar refractivity (Wildman–Crippen MR) is 119 cm³/mol. The molecule has 0 aliphatic carbocycles. The minimum atomic E-state index is -0.293. The summed E-state index contributed by atoms with van der Waals surface area (Å²) in [7, 11) is 0. The zero-order valence-corrected chi connectivity index (χ0v) is 17.4. The fourth-order valence-corrected chi connectivity index (χ4v) is 3.92. The van der Waals surface area contributed by atoms with Crippen LogP contribution in [-0.2, 0) is 4.79 Å². The molecule has 1 aliphatic rings. The molecule has 0 bridgehead atoms. The van der Waals surface area contributed by atoms with Gasteiger partial charge < -0.3 is 4.90 Å². The molecule has 3 aromatic rings. The molecule has 3 nitrogen and oxygen atoms in total. The van der Waals surface area contributed by atoms with Crippen molar-refractivity contribution in [2.45, 2.75) is 19.4 Å². The molecule has 5 heteroatoms. The number of nitrogens with zero attached hydrogens (tertiary/aromatic N) is 2. The van der Waals surface area contributed by atoms with E-state index in [2.05, 4.69) is 22.6 Å². The van der Waals surface area contributed by atoms with Crippen LogP contribution in [-0.4, -0.2) is 11.6 Å². The van der Waals surface area contributed by atoms with Crippen LogP contribution in [0.1, 0.15) is 30.5 Å². The van der Waals surface area contributed by atoms with Crippen LogP contribution in [0, 0.1) is 9.39 Å². The summed E-state index contributed by atoms with van der Waals surface area (Å²) in [5, 5.41) is 0. The average molecular weight is 484 g/mol. The molecular weight excluding hydrogens is 466 g/mol. The lowest BCUT2D eigenvalue weighted by Gasteiger charge is -2.30. The van der Waals surface area contributed by atoms with E-state index in [4.69, 9.17) is 4.99 Å². The molecule has 1 aliphatic heterocycles. The van der Waals surface area contributed by atoms with E-state index in [9.17, 15) is 9.18 Å². The number of aliphatic imine (C=N–C) groups is 1. The predicted octanol–water partition coefficient (Wildman–Crippen LogP) is 6.05. The van der Waals surface area contributed by atoms with Gasteiger partial charge in [0.1, 0.15) is 5.82 Å². The van der Waals surface area contributed by atoms with Gasteiger partial charge in [0.2, 0.25) is 5.91 Å². The van der Waals surface area contributed by atoms with Crippen LogP contribution < -0.4 is 4.90 Å². The van der Waals surface area contributed by atoms with Crippen LogP contribution >= 0.6 is 22.6 Å². The third-order valence-electron chi connectivity index (χ3n) is 4.87. The third-order valence-corrected chi connectivity index (χ3v) is 5.59. The second kappa shape index (κ2) is 7.83. The van der Waals surface area contributed by atoms with Gasteiger partial charge in [0.05, 0.1) is 23.1 Å². The summed E-state index contributed by atoms with van der Waals surface area (Å²) in [4.78, 5) is 19.3. The summed E-state index contributed by atoms with van der Waals surface area (Å²) in [6.45, 7) is 1.56. The first-order chi connectivity index (χ1) is 13.5. The van der Waals surface area contributed by atoms with Gasteiger partial charge in [-0.15, -0.1) is 0 Å². The van der Waals surface area contributed by atoms with Gasteiger partial charge in [0.25, 0.3) is 0 Å². The van der Waals surface area contributed by atoms with Gasteiger partial charge in [0, 0.05) is 16.9 Å². The van der Waals surface area contributed by atoms with E-state index in [0.29, 0.717) is 6.42 Å². The number of fused-ring (bicyclic) bond motifs is 1. The lowest BCUT2D eigenvalue weighted by Crippen LogP contribution is -2.33. The summed E-state index contributed by atoms with van der Waals surface area (Å²) < 4.78 is 14.7. The molecule has 0 N–H and O–H groups in total. The summed E-state index contributed by atoms with van der Waals surface area (Å²) in [6.07, 6.45) is 0.542. The number of para-hydroxylation sites is 2. The van der Waals surface area contributed by atoms with Crippen LogP contribution in [0.2, 0.25) is 0 Å². The van der Waals surface area contributed by atoms with Crippen LogP contribution in [0.5, 0.6) is 0 Å². The lowest BCUT2D eigenvalue weighted by molar-refractivity contribution is -0.117. The van der Waals surface area contributed by atoms with Gasteiger partial charge in [-0.1, -0.05) is 36.4 Å². The molecule has 0 unspecified atom stereocenters. The number of benzene rings is 3. The minimum absolute atomic E-state index is 0.0687. The molecule has 1 heterocycles. The van der Waals surface area contributed by atoms with E-state index in [1.807, 2.05) is 48.5 Å². The SMILES string of the molecule is CC(=O)N1c2ccccc2N=C(c2ccc(I)cc2)C[C@H]1c1ccc(F)cc1. The molecule has 0 spiro atoms. The van der Waals surface area contributed by atoms with Crippen molar-refractivity contribution < 1.29 is 9.18 Å². The molecule has 0 saturated heterocycles. The Morgan fingerprint density at radius 1 is 1.04 bits per heavy atom. The molecule has 3 aromatic carbocycles. The summed E-state index contributed by atoms with van der Waals surface area (Å²) in [6, 6.07) is 22.0. The Bertz CT molecular complexity index is 1040. The maximum atomic E-state index is 13.5. The normalized spacial score (nSPS) is 16.2. The first-order valence-corrected chi connectivity index (χ1v) is 10.1. The highest BCUT2D eigenvalue weighted by atomic mass is 127. The van der Waals surface area contributed by atoms with Gasteiger partial charge in [-0.3, -0.25) is 9.79 Å².